The van der Waals surface area contributed by atoms with Crippen LogP contribution in [0.5, 0.6) is 0 Å². The van der Waals surface area contributed by atoms with Crippen molar-refractivity contribution in [3.05, 3.63) is 47.3 Å². The number of hydrogen-bond acceptors (Lipinski definition) is 10. The van der Waals surface area contributed by atoms with E-state index in [0.717, 1.165) is 43.7 Å². The summed E-state index contributed by atoms with van der Waals surface area (Å²) >= 11 is 0.735. The van der Waals surface area contributed by atoms with Crippen LogP contribution in [0.2, 0.25) is 0 Å². The highest BCUT2D eigenvalue weighted by Crippen LogP contribution is 2.26. The monoisotopic (exact) mass is 543 g/mol. The third-order valence-electron chi connectivity index (χ3n) is 5.53. The summed E-state index contributed by atoms with van der Waals surface area (Å²) in [6, 6.07) is 10.1. The van der Waals surface area contributed by atoms with Gasteiger partial charge in [-0.3, -0.25) is 4.79 Å². The molecule has 1 atom stereocenters. The standard InChI is InChI=1S/C22H29N3O7S3/c23-19(25-35(30,31)17-6-2-1-3-7-17)15-20(26)32-22(27)18-8-9-21(33-18)34(28,29)14-4-5-16-10-12-24-13-11-16/h1-3,6-9,16,19,24-25H,4-5,10-15,23H2/t19-/m0/s1. The Balaban J connectivity index is 1.49. The number of ether oxygens (including phenoxy) is 1. The van der Waals surface area contributed by atoms with Crippen molar-refractivity contribution in [3.63, 3.8) is 0 Å². The van der Waals surface area contributed by atoms with Gasteiger partial charge in [0, 0.05) is 0 Å². The molecular formula is C22H29N3O7S3. The lowest BCUT2D eigenvalue weighted by atomic mass is 9.94. The molecule has 0 saturated carbocycles. The molecule has 1 aliphatic rings. The third-order valence-corrected chi connectivity index (χ3v) is 10.5. The molecule has 3 rings (SSSR count). The Morgan fingerprint density at radius 1 is 1.09 bits per heavy atom. The number of nitrogens with one attached hydrogen (secondary N) is 2. The highest BCUT2D eigenvalue weighted by atomic mass is 32.2. The lowest BCUT2D eigenvalue weighted by Gasteiger charge is -2.22. The van der Waals surface area contributed by atoms with Crippen molar-refractivity contribution in [1.29, 1.82) is 0 Å². The van der Waals surface area contributed by atoms with E-state index in [9.17, 15) is 26.4 Å². The lowest BCUT2D eigenvalue weighted by Crippen LogP contribution is -2.43. The Hall–Kier alpha value is -2.16. The molecule has 192 valence electrons. The largest absolute Gasteiger partial charge is 0.389 e. The summed E-state index contributed by atoms with van der Waals surface area (Å²) in [5, 5.41) is 3.28. The van der Waals surface area contributed by atoms with Gasteiger partial charge in [0.25, 0.3) is 0 Å². The number of piperidine rings is 1. The van der Waals surface area contributed by atoms with Gasteiger partial charge in [-0.2, -0.15) is 4.72 Å². The maximum atomic E-state index is 12.6. The van der Waals surface area contributed by atoms with Crippen molar-refractivity contribution < 1.29 is 31.2 Å². The van der Waals surface area contributed by atoms with E-state index in [-0.39, 0.29) is 19.7 Å². The molecule has 0 amide bonds. The van der Waals surface area contributed by atoms with Crippen molar-refractivity contribution in [2.45, 2.75) is 47.4 Å². The fourth-order valence-corrected chi connectivity index (χ4v) is 7.51. The van der Waals surface area contributed by atoms with Gasteiger partial charge >= 0.3 is 11.9 Å². The zero-order valence-corrected chi connectivity index (χ0v) is 21.5. The molecule has 4 N–H and O–H groups in total. The molecular weight excluding hydrogens is 514 g/mol. The van der Waals surface area contributed by atoms with Crippen LogP contribution in [0.15, 0.2) is 51.6 Å². The van der Waals surface area contributed by atoms with Crippen molar-refractivity contribution in [2.24, 2.45) is 11.7 Å². The number of hydrogen-bond donors (Lipinski definition) is 3. The van der Waals surface area contributed by atoms with E-state index >= 15 is 0 Å². The maximum absolute atomic E-state index is 12.6. The summed E-state index contributed by atoms with van der Waals surface area (Å²) < 4.78 is 56.7. The van der Waals surface area contributed by atoms with Gasteiger partial charge < -0.3 is 15.8 Å². The van der Waals surface area contributed by atoms with Gasteiger partial charge in [0.2, 0.25) is 10.0 Å². The van der Waals surface area contributed by atoms with Crippen molar-refractivity contribution >= 4 is 43.1 Å². The van der Waals surface area contributed by atoms with Crippen LogP contribution in [0.4, 0.5) is 0 Å². The van der Waals surface area contributed by atoms with E-state index in [4.69, 9.17) is 10.5 Å². The van der Waals surface area contributed by atoms with Gasteiger partial charge in [0.05, 0.1) is 23.2 Å². The number of rotatable bonds is 11. The number of carbonyl (C=O) groups excluding carboxylic acids is 2. The first-order valence-corrected chi connectivity index (χ1v) is 15.1. The minimum atomic E-state index is -3.95. The SMILES string of the molecule is N[C@H](CC(=O)OC(=O)c1ccc(S(=O)(=O)CCCC2CCNCC2)s1)NS(=O)(=O)c1ccccc1. The Kier molecular flexibility index (Phi) is 9.55. The molecule has 0 bridgehead atoms. The summed E-state index contributed by atoms with van der Waals surface area (Å²) in [4.78, 5) is 24.3. The fraction of sp³-hybridized carbons (Fsp3) is 0.455. The highest BCUT2D eigenvalue weighted by molar-refractivity contribution is 7.93. The molecule has 1 aromatic carbocycles. The first-order chi connectivity index (χ1) is 16.6. The molecule has 1 saturated heterocycles. The van der Waals surface area contributed by atoms with Gasteiger partial charge in [-0.05, 0) is 69.0 Å². The number of sulfone groups is 1. The molecule has 1 aromatic heterocycles. The van der Waals surface area contributed by atoms with Gasteiger partial charge in [0.1, 0.15) is 9.09 Å². The number of nitrogens with two attached hydrogens (primary N) is 1. The van der Waals surface area contributed by atoms with E-state index in [0.29, 0.717) is 12.3 Å². The first-order valence-electron chi connectivity index (χ1n) is 11.2. The molecule has 13 heteroatoms. The van der Waals surface area contributed by atoms with Crippen LogP contribution in [0.25, 0.3) is 0 Å². The maximum Gasteiger partial charge on any atom is 0.355 e. The van der Waals surface area contributed by atoms with Crippen LogP contribution < -0.4 is 15.8 Å². The van der Waals surface area contributed by atoms with Gasteiger partial charge in [0.15, 0.2) is 9.84 Å². The average Bonchev–Trinajstić information content (AvgIpc) is 3.31. The molecule has 0 unspecified atom stereocenters. The molecule has 0 radical (unpaired) electrons. The van der Waals surface area contributed by atoms with E-state index < -0.39 is 44.4 Å². The number of sulfonamides is 1. The molecule has 1 fully saturated rings. The van der Waals surface area contributed by atoms with Crippen LogP contribution in [-0.4, -0.2) is 53.8 Å². The molecule has 2 heterocycles. The third kappa shape index (κ3) is 8.19. The van der Waals surface area contributed by atoms with E-state index in [1.807, 2.05) is 0 Å². The molecule has 2 aromatic rings. The number of esters is 2. The Labute approximate surface area is 209 Å². The van der Waals surface area contributed by atoms with Crippen LogP contribution in [0, 0.1) is 5.92 Å². The van der Waals surface area contributed by atoms with Crippen LogP contribution in [0.1, 0.15) is 41.8 Å². The minimum Gasteiger partial charge on any atom is -0.389 e. The normalized spacial score (nSPS) is 16.0. The van der Waals surface area contributed by atoms with Gasteiger partial charge in [-0.1, -0.05) is 18.2 Å². The number of thiophene rings is 1. The predicted octanol–water partition coefficient (Wildman–Crippen LogP) is 1.64. The van der Waals surface area contributed by atoms with Crippen molar-refractivity contribution in [2.75, 3.05) is 18.8 Å². The number of benzene rings is 1. The summed E-state index contributed by atoms with van der Waals surface area (Å²) in [5.41, 5.74) is 5.69. The number of carbonyl (C=O) groups is 2. The summed E-state index contributed by atoms with van der Waals surface area (Å²) in [6.07, 6.45) is 1.55. The lowest BCUT2D eigenvalue weighted by molar-refractivity contribution is -0.138. The molecule has 1 aliphatic heterocycles. The second-order valence-corrected chi connectivity index (χ2v) is 13.4. The summed E-state index contributed by atoms with van der Waals surface area (Å²) in [6.45, 7) is 1.91. The van der Waals surface area contributed by atoms with Crippen molar-refractivity contribution in [3.8, 4) is 0 Å². The first kappa shape index (κ1) is 27.4. The van der Waals surface area contributed by atoms with Crippen molar-refractivity contribution in [1.82, 2.24) is 10.0 Å². The Morgan fingerprint density at radius 3 is 2.46 bits per heavy atom. The van der Waals surface area contributed by atoms with E-state index in [2.05, 4.69) is 10.0 Å². The van der Waals surface area contributed by atoms with Gasteiger partial charge in [-0.15, -0.1) is 11.3 Å². The summed E-state index contributed by atoms with van der Waals surface area (Å²) in [7, 11) is -7.50. The van der Waals surface area contributed by atoms with Crippen LogP contribution >= 0.6 is 11.3 Å². The van der Waals surface area contributed by atoms with Gasteiger partial charge in [-0.25, -0.2) is 21.6 Å². The molecule has 0 spiro atoms. The van der Waals surface area contributed by atoms with E-state index in [1.165, 1.54) is 36.4 Å². The predicted molar refractivity (Wildman–Crippen MR) is 131 cm³/mol. The van der Waals surface area contributed by atoms with Crippen LogP contribution in [0.3, 0.4) is 0 Å². The Bertz CT molecular complexity index is 1220. The molecule has 35 heavy (non-hydrogen) atoms. The second kappa shape index (κ2) is 12.2. The van der Waals surface area contributed by atoms with E-state index in [1.54, 1.807) is 6.07 Å². The fourth-order valence-electron chi connectivity index (χ4n) is 3.71. The molecule has 0 aliphatic carbocycles. The summed E-state index contributed by atoms with van der Waals surface area (Å²) in [5.74, 6) is -1.55. The quantitative estimate of drug-likeness (QED) is 0.217. The smallest absolute Gasteiger partial charge is 0.355 e. The van der Waals surface area contributed by atoms with Crippen LogP contribution in [-0.2, 0) is 29.4 Å². The average molecular weight is 544 g/mol. The minimum absolute atomic E-state index is 0.0126. The highest BCUT2D eigenvalue weighted by Gasteiger charge is 2.24. The zero-order chi connectivity index (χ0) is 25.5. The second-order valence-electron chi connectivity index (χ2n) is 8.28. The topological polar surface area (TPSA) is 162 Å². The zero-order valence-electron chi connectivity index (χ0n) is 19.0. The Morgan fingerprint density at radius 2 is 1.77 bits per heavy atom. The molecule has 10 nitrogen and oxygen atoms in total.